The average molecular weight is 193 g/mol. The van der Waals surface area contributed by atoms with Gasteiger partial charge < -0.3 is 10.5 Å². The van der Waals surface area contributed by atoms with Gasteiger partial charge in [0.15, 0.2) is 0 Å². The fourth-order valence-electron chi connectivity index (χ4n) is 1.03. The maximum absolute atomic E-state index is 12.8. The standard InChI is InChI=1S/C11H12FNO/c1-2-3-6-14-11-5-4-10(12)7-9(11)8-13/h4-5,7H,6,8,13H2,1H3. The van der Waals surface area contributed by atoms with Crippen LogP contribution >= 0.6 is 0 Å². The predicted octanol–water partition coefficient (Wildman–Crippen LogP) is 1.69. The molecule has 0 saturated heterocycles. The van der Waals surface area contributed by atoms with Crippen molar-refractivity contribution in [2.45, 2.75) is 13.5 Å². The summed E-state index contributed by atoms with van der Waals surface area (Å²) >= 11 is 0. The molecule has 0 atom stereocenters. The molecule has 1 aromatic carbocycles. The topological polar surface area (TPSA) is 35.2 Å². The quantitative estimate of drug-likeness (QED) is 0.741. The summed E-state index contributed by atoms with van der Waals surface area (Å²) in [7, 11) is 0. The van der Waals surface area contributed by atoms with Gasteiger partial charge in [-0.05, 0) is 25.1 Å². The molecule has 2 nitrogen and oxygen atoms in total. The number of benzene rings is 1. The minimum absolute atomic E-state index is 0.257. The molecule has 14 heavy (non-hydrogen) atoms. The van der Waals surface area contributed by atoms with E-state index >= 15 is 0 Å². The summed E-state index contributed by atoms with van der Waals surface area (Å²) in [5.74, 6) is 5.75. The summed E-state index contributed by atoms with van der Waals surface area (Å²) in [6.45, 7) is 2.29. The van der Waals surface area contributed by atoms with Crippen LogP contribution in [0, 0.1) is 17.7 Å². The first-order chi connectivity index (χ1) is 6.77. The van der Waals surface area contributed by atoms with E-state index in [1.807, 2.05) is 0 Å². The van der Waals surface area contributed by atoms with Gasteiger partial charge in [-0.1, -0.05) is 5.92 Å². The van der Waals surface area contributed by atoms with Crippen molar-refractivity contribution in [3.8, 4) is 17.6 Å². The lowest BCUT2D eigenvalue weighted by Gasteiger charge is -2.07. The Morgan fingerprint density at radius 3 is 2.93 bits per heavy atom. The van der Waals surface area contributed by atoms with Crippen LogP contribution in [0.15, 0.2) is 18.2 Å². The van der Waals surface area contributed by atoms with Crippen LogP contribution < -0.4 is 10.5 Å². The van der Waals surface area contributed by atoms with Crippen molar-refractivity contribution in [1.82, 2.24) is 0 Å². The highest BCUT2D eigenvalue weighted by Gasteiger charge is 2.02. The molecule has 2 N–H and O–H groups in total. The van der Waals surface area contributed by atoms with E-state index in [0.29, 0.717) is 17.9 Å². The van der Waals surface area contributed by atoms with Crippen molar-refractivity contribution in [3.63, 3.8) is 0 Å². The van der Waals surface area contributed by atoms with Gasteiger partial charge in [-0.15, -0.1) is 5.92 Å². The number of ether oxygens (including phenoxy) is 1. The van der Waals surface area contributed by atoms with Gasteiger partial charge in [-0.3, -0.25) is 0 Å². The van der Waals surface area contributed by atoms with Gasteiger partial charge in [-0.2, -0.15) is 0 Å². The highest BCUT2D eigenvalue weighted by molar-refractivity contribution is 5.34. The molecule has 1 rings (SSSR count). The Morgan fingerprint density at radius 1 is 1.50 bits per heavy atom. The summed E-state index contributed by atoms with van der Waals surface area (Å²) in [6, 6.07) is 4.28. The zero-order chi connectivity index (χ0) is 10.4. The van der Waals surface area contributed by atoms with E-state index in [1.54, 1.807) is 13.0 Å². The summed E-state index contributed by atoms with van der Waals surface area (Å²) in [6.07, 6.45) is 0. The molecule has 1 aromatic rings. The lowest BCUT2D eigenvalue weighted by atomic mass is 10.2. The molecular weight excluding hydrogens is 181 g/mol. The second-order valence-electron chi connectivity index (χ2n) is 2.67. The van der Waals surface area contributed by atoms with Gasteiger partial charge >= 0.3 is 0 Å². The van der Waals surface area contributed by atoms with Crippen LogP contribution in [0.1, 0.15) is 12.5 Å². The largest absolute Gasteiger partial charge is 0.481 e. The molecule has 0 heterocycles. The molecule has 0 aliphatic carbocycles. The molecule has 0 aliphatic heterocycles. The van der Waals surface area contributed by atoms with Gasteiger partial charge in [0, 0.05) is 12.1 Å². The Bertz CT molecular complexity index is 365. The molecule has 0 aliphatic rings. The predicted molar refractivity (Wildman–Crippen MR) is 53.2 cm³/mol. The Balaban J connectivity index is 2.78. The smallest absolute Gasteiger partial charge is 0.149 e. The van der Waals surface area contributed by atoms with Crippen molar-refractivity contribution in [3.05, 3.63) is 29.6 Å². The van der Waals surface area contributed by atoms with Crippen LogP contribution in [0.3, 0.4) is 0 Å². The number of hydrogen-bond donors (Lipinski definition) is 1. The van der Waals surface area contributed by atoms with Crippen molar-refractivity contribution < 1.29 is 9.13 Å². The van der Waals surface area contributed by atoms with Crippen molar-refractivity contribution in [2.75, 3.05) is 6.61 Å². The number of nitrogens with two attached hydrogens (primary N) is 1. The average Bonchev–Trinajstić information content (AvgIpc) is 2.20. The maximum Gasteiger partial charge on any atom is 0.149 e. The molecule has 3 heteroatoms. The van der Waals surface area contributed by atoms with Crippen LogP contribution in [-0.4, -0.2) is 6.61 Å². The van der Waals surface area contributed by atoms with Crippen molar-refractivity contribution in [2.24, 2.45) is 5.73 Å². The van der Waals surface area contributed by atoms with Gasteiger partial charge in [0.25, 0.3) is 0 Å². The normalized spacial score (nSPS) is 9.07. The fraction of sp³-hybridized carbons (Fsp3) is 0.273. The van der Waals surface area contributed by atoms with Gasteiger partial charge in [0.2, 0.25) is 0 Å². The number of hydrogen-bond acceptors (Lipinski definition) is 2. The molecule has 0 bridgehead atoms. The Labute approximate surface area is 82.9 Å². The van der Waals surface area contributed by atoms with Crippen LogP contribution in [-0.2, 0) is 6.54 Å². The van der Waals surface area contributed by atoms with Crippen LogP contribution in [0.25, 0.3) is 0 Å². The summed E-state index contributed by atoms with van der Waals surface area (Å²) in [5.41, 5.74) is 6.10. The van der Waals surface area contributed by atoms with E-state index in [1.165, 1.54) is 12.1 Å². The lowest BCUT2D eigenvalue weighted by molar-refractivity contribution is 0.365. The highest BCUT2D eigenvalue weighted by Crippen LogP contribution is 2.18. The first-order valence-corrected chi connectivity index (χ1v) is 4.29. The molecule has 0 radical (unpaired) electrons. The Kier molecular flexibility index (Phi) is 3.96. The minimum atomic E-state index is -0.306. The zero-order valence-corrected chi connectivity index (χ0v) is 8.01. The summed E-state index contributed by atoms with van der Waals surface area (Å²) in [4.78, 5) is 0. The lowest BCUT2D eigenvalue weighted by Crippen LogP contribution is -2.03. The second-order valence-corrected chi connectivity index (χ2v) is 2.67. The number of halogens is 1. The highest BCUT2D eigenvalue weighted by atomic mass is 19.1. The molecular formula is C11H12FNO. The van der Waals surface area contributed by atoms with Crippen molar-refractivity contribution >= 4 is 0 Å². The van der Waals surface area contributed by atoms with Gasteiger partial charge in [0.1, 0.15) is 18.2 Å². The molecule has 0 fully saturated rings. The third-order valence-corrected chi connectivity index (χ3v) is 1.72. The van der Waals surface area contributed by atoms with Crippen LogP contribution in [0.2, 0.25) is 0 Å². The van der Waals surface area contributed by atoms with Crippen molar-refractivity contribution in [1.29, 1.82) is 0 Å². The van der Waals surface area contributed by atoms with E-state index in [0.717, 1.165) is 0 Å². The first-order valence-electron chi connectivity index (χ1n) is 4.29. The molecule has 74 valence electrons. The Morgan fingerprint density at radius 2 is 2.29 bits per heavy atom. The van der Waals surface area contributed by atoms with Crippen LogP contribution in [0.4, 0.5) is 4.39 Å². The SMILES string of the molecule is CC#CCOc1ccc(F)cc1CN. The van der Waals surface area contributed by atoms with Crippen LogP contribution in [0.5, 0.6) is 5.75 Å². The van der Waals surface area contributed by atoms with E-state index in [2.05, 4.69) is 11.8 Å². The summed E-state index contributed by atoms with van der Waals surface area (Å²) in [5, 5.41) is 0. The monoisotopic (exact) mass is 193 g/mol. The second kappa shape index (κ2) is 5.25. The fourth-order valence-corrected chi connectivity index (χ4v) is 1.03. The van der Waals surface area contributed by atoms with Gasteiger partial charge in [0.05, 0.1) is 0 Å². The third kappa shape index (κ3) is 2.75. The molecule has 0 spiro atoms. The summed E-state index contributed by atoms with van der Waals surface area (Å²) < 4.78 is 18.1. The minimum Gasteiger partial charge on any atom is -0.481 e. The third-order valence-electron chi connectivity index (χ3n) is 1.72. The van der Waals surface area contributed by atoms with E-state index in [-0.39, 0.29) is 12.4 Å². The maximum atomic E-state index is 12.8. The number of rotatable bonds is 3. The van der Waals surface area contributed by atoms with E-state index in [9.17, 15) is 4.39 Å². The molecule has 0 unspecified atom stereocenters. The molecule has 0 aromatic heterocycles. The zero-order valence-electron chi connectivity index (χ0n) is 8.01. The van der Waals surface area contributed by atoms with E-state index < -0.39 is 0 Å². The molecule has 0 saturated carbocycles. The van der Waals surface area contributed by atoms with Gasteiger partial charge in [-0.25, -0.2) is 4.39 Å². The molecule has 0 amide bonds. The Hall–Kier alpha value is -1.53. The van der Waals surface area contributed by atoms with E-state index in [4.69, 9.17) is 10.5 Å². The first kappa shape index (κ1) is 10.6.